The van der Waals surface area contributed by atoms with Gasteiger partial charge in [-0.1, -0.05) is 249 Å². The molecule has 2 aliphatic heterocycles. The monoisotopic (exact) mass is 1050 g/mol. The molecule has 18 rings (SSSR count). The van der Waals surface area contributed by atoms with Gasteiger partial charge in [-0.25, -0.2) is 0 Å². The number of rotatable bonds is 6. The lowest BCUT2D eigenvalue weighted by Crippen LogP contribution is -2.61. The number of benzene rings is 13. The molecule has 2 aliphatic carbocycles. The van der Waals surface area contributed by atoms with E-state index in [-0.39, 0.29) is 6.71 Å². The second kappa shape index (κ2) is 17.7. The van der Waals surface area contributed by atoms with Gasteiger partial charge in [0.25, 0.3) is 6.71 Å². The van der Waals surface area contributed by atoms with E-state index in [1.807, 2.05) is 0 Å². The second-order valence-electron chi connectivity index (χ2n) is 22.6. The SMILES string of the molecule is c1ccc(-c2ccc(N3c4ccc(-c5ccccc5)cc4B4c5ccc(-c6ccccc6)cc5N(c5cccc6c5C5(c7ccccc7-c7ccccc75)c5ccccc5-6)c5cc(-n6c7ccccc7c7ccccc76)cc3c54)cc2)cc1. The molecule has 0 radical (unpaired) electrons. The Hall–Kier alpha value is -10.7. The number of aromatic nitrogens is 1. The normalized spacial score (nSPS) is 13.6. The van der Waals surface area contributed by atoms with E-state index in [9.17, 15) is 0 Å². The molecule has 4 heteroatoms. The Morgan fingerprint density at radius 3 is 1.33 bits per heavy atom. The standard InChI is InChI=1S/C79H50BN3/c1-4-21-51(22-5-1)54-39-43-57(44-40-54)81-72-46-42-55(52-23-6-2-7-24-52)47-69(72)80-68-45-41-56(53-25-8-3-9-26-53)48-74(68)83(76-50-58(49-75(81)78(76)80)82-70-36-18-13-30-62(70)63-31-14-19-37-71(63)82)73-38-20-32-64-61-29-12-17-35-67(61)79(77(64)73)65-33-15-10-27-59(65)60-28-11-16-34-66(60)79/h1-50H. The van der Waals surface area contributed by atoms with Crippen molar-refractivity contribution in [3.63, 3.8) is 0 Å². The number of nitrogens with zero attached hydrogens (tertiary/aromatic N) is 3. The van der Waals surface area contributed by atoms with Crippen LogP contribution in [0.2, 0.25) is 0 Å². The summed E-state index contributed by atoms with van der Waals surface area (Å²) in [5.74, 6) is 0. The Morgan fingerprint density at radius 2 is 0.723 bits per heavy atom. The van der Waals surface area contributed by atoms with E-state index < -0.39 is 5.41 Å². The fourth-order valence-corrected chi connectivity index (χ4v) is 15.2. The van der Waals surface area contributed by atoms with E-state index in [0.717, 1.165) is 22.7 Å². The van der Waals surface area contributed by atoms with E-state index in [0.29, 0.717) is 0 Å². The van der Waals surface area contributed by atoms with Gasteiger partial charge in [-0.3, -0.25) is 0 Å². The molecule has 3 heterocycles. The molecule has 1 aromatic heterocycles. The van der Waals surface area contributed by atoms with Crippen molar-refractivity contribution in [3.8, 4) is 61.3 Å². The van der Waals surface area contributed by atoms with Gasteiger partial charge in [-0.05, 0) is 143 Å². The summed E-state index contributed by atoms with van der Waals surface area (Å²) in [5.41, 5.74) is 31.1. The van der Waals surface area contributed by atoms with Crippen molar-refractivity contribution in [2.24, 2.45) is 0 Å². The minimum absolute atomic E-state index is 0.141. The van der Waals surface area contributed by atoms with Crippen LogP contribution in [-0.4, -0.2) is 11.3 Å². The third kappa shape index (κ3) is 6.46. The molecule has 0 saturated carbocycles. The van der Waals surface area contributed by atoms with Crippen LogP contribution >= 0.6 is 0 Å². The summed E-state index contributed by atoms with van der Waals surface area (Å²) in [6, 6.07) is 114. The molecule has 13 aromatic carbocycles. The fourth-order valence-electron chi connectivity index (χ4n) is 15.2. The van der Waals surface area contributed by atoms with Crippen LogP contribution in [0.4, 0.5) is 34.1 Å². The van der Waals surface area contributed by atoms with E-state index in [4.69, 9.17) is 0 Å². The molecule has 0 unspecified atom stereocenters. The predicted molar refractivity (Wildman–Crippen MR) is 347 cm³/mol. The maximum Gasteiger partial charge on any atom is 0.252 e. The van der Waals surface area contributed by atoms with Crippen LogP contribution in [0.1, 0.15) is 22.3 Å². The first-order valence-corrected chi connectivity index (χ1v) is 28.9. The highest BCUT2D eigenvalue weighted by molar-refractivity contribution is 7.00. The second-order valence-corrected chi connectivity index (χ2v) is 22.6. The lowest BCUT2D eigenvalue weighted by atomic mass is 9.33. The van der Waals surface area contributed by atoms with Gasteiger partial charge in [-0.15, -0.1) is 0 Å². The summed E-state index contributed by atoms with van der Waals surface area (Å²) in [7, 11) is 0. The Morgan fingerprint density at radius 1 is 0.265 bits per heavy atom. The van der Waals surface area contributed by atoms with E-state index in [1.165, 1.54) is 133 Å². The minimum Gasteiger partial charge on any atom is -0.311 e. The molecule has 0 fully saturated rings. The maximum atomic E-state index is 2.70. The molecule has 0 atom stereocenters. The quantitative estimate of drug-likeness (QED) is 0.154. The van der Waals surface area contributed by atoms with Crippen molar-refractivity contribution >= 4 is 79.0 Å². The van der Waals surface area contributed by atoms with Crippen molar-refractivity contribution in [1.82, 2.24) is 4.57 Å². The maximum absolute atomic E-state index is 2.70. The Kier molecular flexibility index (Phi) is 9.81. The van der Waals surface area contributed by atoms with Crippen molar-refractivity contribution in [2.75, 3.05) is 9.80 Å². The highest BCUT2D eigenvalue weighted by Crippen LogP contribution is 2.65. The van der Waals surface area contributed by atoms with Gasteiger partial charge < -0.3 is 14.4 Å². The molecular formula is C79H50BN3. The fraction of sp³-hybridized carbons (Fsp3) is 0.0127. The average Bonchev–Trinajstić information content (AvgIpc) is 2.16. The van der Waals surface area contributed by atoms with Crippen LogP contribution < -0.4 is 26.2 Å². The Balaban J connectivity index is 1.00. The largest absolute Gasteiger partial charge is 0.311 e. The van der Waals surface area contributed by atoms with Crippen molar-refractivity contribution in [1.29, 1.82) is 0 Å². The zero-order valence-electron chi connectivity index (χ0n) is 45.3. The predicted octanol–water partition coefficient (Wildman–Crippen LogP) is 18.2. The first-order chi connectivity index (χ1) is 41.2. The number of para-hydroxylation sites is 2. The van der Waals surface area contributed by atoms with E-state index in [2.05, 4.69) is 318 Å². The first kappa shape index (κ1) is 46.1. The van der Waals surface area contributed by atoms with Gasteiger partial charge in [-0.2, -0.15) is 0 Å². The Labute approximate surface area is 483 Å². The zero-order chi connectivity index (χ0) is 54.3. The molecule has 0 N–H and O–H groups in total. The molecule has 83 heavy (non-hydrogen) atoms. The average molecular weight is 1050 g/mol. The lowest BCUT2D eigenvalue weighted by molar-refractivity contribution is 0.793. The van der Waals surface area contributed by atoms with Crippen molar-refractivity contribution < 1.29 is 0 Å². The third-order valence-corrected chi connectivity index (χ3v) is 18.6. The van der Waals surface area contributed by atoms with Gasteiger partial charge in [0.1, 0.15) is 0 Å². The molecule has 14 aromatic rings. The number of hydrogen-bond acceptors (Lipinski definition) is 2. The zero-order valence-corrected chi connectivity index (χ0v) is 45.3. The minimum atomic E-state index is -0.613. The van der Waals surface area contributed by atoms with Crippen LogP contribution in [0.5, 0.6) is 0 Å². The van der Waals surface area contributed by atoms with Gasteiger partial charge in [0.05, 0.1) is 27.8 Å². The summed E-state index contributed by atoms with van der Waals surface area (Å²) in [6.07, 6.45) is 0. The summed E-state index contributed by atoms with van der Waals surface area (Å²) in [4.78, 5) is 5.27. The van der Waals surface area contributed by atoms with Gasteiger partial charge in [0.15, 0.2) is 0 Å². The van der Waals surface area contributed by atoms with Gasteiger partial charge in [0, 0.05) is 44.8 Å². The number of fused-ring (bicyclic) bond motifs is 17. The third-order valence-electron chi connectivity index (χ3n) is 18.6. The summed E-state index contributed by atoms with van der Waals surface area (Å²) >= 11 is 0. The topological polar surface area (TPSA) is 11.4 Å². The van der Waals surface area contributed by atoms with E-state index in [1.54, 1.807) is 0 Å². The summed E-state index contributed by atoms with van der Waals surface area (Å²) in [5, 5.41) is 2.46. The van der Waals surface area contributed by atoms with Crippen LogP contribution in [0, 0.1) is 0 Å². The first-order valence-electron chi connectivity index (χ1n) is 28.9. The number of hydrogen-bond donors (Lipinski definition) is 0. The molecule has 4 aliphatic rings. The smallest absolute Gasteiger partial charge is 0.252 e. The van der Waals surface area contributed by atoms with Gasteiger partial charge >= 0.3 is 0 Å². The summed E-state index contributed by atoms with van der Waals surface area (Å²) < 4.78 is 2.52. The molecule has 0 bridgehead atoms. The molecule has 1 spiro atoms. The Bertz CT molecular complexity index is 4870. The van der Waals surface area contributed by atoms with Crippen LogP contribution in [0.25, 0.3) is 83.1 Å². The van der Waals surface area contributed by atoms with Crippen molar-refractivity contribution in [2.45, 2.75) is 5.41 Å². The molecule has 3 nitrogen and oxygen atoms in total. The van der Waals surface area contributed by atoms with Gasteiger partial charge in [0.2, 0.25) is 0 Å². The lowest BCUT2D eigenvalue weighted by Gasteiger charge is -2.45. The van der Waals surface area contributed by atoms with Crippen LogP contribution in [-0.2, 0) is 5.41 Å². The molecule has 0 saturated heterocycles. The van der Waals surface area contributed by atoms with Crippen LogP contribution in [0.15, 0.2) is 303 Å². The highest BCUT2D eigenvalue weighted by atomic mass is 15.2. The molecule has 0 amide bonds. The van der Waals surface area contributed by atoms with Crippen molar-refractivity contribution in [3.05, 3.63) is 326 Å². The number of anilines is 6. The highest BCUT2D eigenvalue weighted by Gasteiger charge is 2.54. The molecular weight excluding hydrogens is 1000 g/mol. The van der Waals surface area contributed by atoms with E-state index >= 15 is 0 Å². The van der Waals surface area contributed by atoms with Crippen LogP contribution in [0.3, 0.4) is 0 Å². The summed E-state index contributed by atoms with van der Waals surface area (Å²) in [6.45, 7) is -0.141. The molecule has 384 valence electrons.